The van der Waals surface area contributed by atoms with Gasteiger partial charge in [0.25, 0.3) is 0 Å². The Hall–Kier alpha value is -1.81. The van der Waals surface area contributed by atoms with Crippen molar-refractivity contribution in [2.24, 2.45) is 0 Å². The predicted octanol–water partition coefficient (Wildman–Crippen LogP) is 6.20. The van der Waals surface area contributed by atoms with Crippen molar-refractivity contribution < 1.29 is 13.4 Å². The second-order valence-electron chi connectivity index (χ2n) is 5.75. The van der Waals surface area contributed by atoms with Crippen LogP contribution in [0, 0.1) is 5.82 Å². The molecular formula is C20H23FO2S. The molecule has 0 radical (unpaired) electrons. The van der Waals surface area contributed by atoms with E-state index in [1.54, 1.807) is 30.3 Å². The zero-order chi connectivity index (χ0) is 17.2. The summed E-state index contributed by atoms with van der Waals surface area (Å²) in [7, 11) is 0. The van der Waals surface area contributed by atoms with E-state index in [2.05, 4.69) is 6.92 Å². The van der Waals surface area contributed by atoms with Gasteiger partial charge in [-0.1, -0.05) is 56.9 Å². The molecule has 0 heterocycles. The number of carbonyl (C=O) groups excluding carboxylic acids is 1. The molecule has 24 heavy (non-hydrogen) atoms. The van der Waals surface area contributed by atoms with Gasteiger partial charge in [0.15, 0.2) is 0 Å². The van der Waals surface area contributed by atoms with E-state index in [0.29, 0.717) is 10.5 Å². The third-order valence-corrected chi connectivity index (χ3v) is 4.55. The van der Waals surface area contributed by atoms with Crippen molar-refractivity contribution in [3.05, 3.63) is 65.5 Å². The Morgan fingerprint density at radius 1 is 1.00 bits per heavy atom. The third kappa shape index (κ3) is 6.00. The van der Waals surface area contributed by atoms with Gasteiger partial charge in [0.2, 0.25) is 0 Å². The summed E-state index contributed by atoms with van der Waals surface area (Å²) in [6, 6.07) is 13.7. The van der Waals surface area contributed by atoms with Crippen LogP contribution in [0.1, 0.15) is 54.9 Å². The molecule has 128 valence electrons. The minimum Gasteiger partial charge on any atom is -0.382 e. The molecule has 2 aromatic carbocycles. The highest BCUT2D eigenvalue weighted by Crippen LogP contribution is 2.23. The molecule has 2 aromatic rings. The maximum absolute atomic E-state index is 13.5. The van der Waals surface area contributed by atoms with Crippen molar-refractivity contribution in [3.8, 4) is 0 Å². The summed E-state index contributed by atoms with van der Waals surface area (Å²) >= 11 is 0.751. The first-order valence-electron chi connectivity index (χ1n) is 8.43. The average molecular weight is 346 g/mol. The first-order chi connectivity index (χ1) is 11.7. The van der Waals surface area contributed by atoms with Crippen molar-refractivity contribution in [1.82, 2.24) is 0 Å². The molecule has 0 bridgehead atoms. The second kappa shape index (κ2) is 10.1. The van der Waals surface area contributed by atoms with Crippen LogP contribution in [0.2, 0.25) is 0 Å². The SMILES string of the molecule is CCCCCCCc1ccc(C(=O)OSc2ccccc2F)cc1. The Labute approximate surface area is 147 Å². The molecule has 0 aliphatic heterocycles. The Morgan fingerprint density at radius 3 is 2.42 bits per heavy atom. The molecular weight excluding hydrogens is 323 g/mol. The van der Waals surface area contributed by atoms with Crippen molar-refractivity contribution in [3.63, 3.8) is 0 Å². The first-order valence-corrected chi connectivity index (χ1v) is 9.17. The molecule has 0 amide bonds. The summed E-state index contributed by atoms with van der Waals surface area (Å²) in [6.45, 7) is 2.21. The molecule has 0 fully saturated rings. The lowest BCUT2D eigenvalue weighted by Gasteiger charge is -2.05. The Kier molecular flexibility index (Phi) is 7.83. The van der Waals surface area contributed by atoms with Crippen molar-refractivity contribution in [2.75, 3.05) is 0 Å². The van der Waals surface area contributed by atoms with Crippen LogP contribution in [0.5, 0.6) is 0 Å². The zero-order valence-corrected chi connectivity index (χ0v) is 14.8. The number of hydrogen-bond donors (Lipinski definition) is 0. The molecule has 0 spiro atoms. The van der Waals surface area contributed by atoms with Gasteiger partial charge in [-0.3, -0.25) is 0 Å². The van der Waals surface area contributed by atoms with E-state index in [4.69, 9.17) is 4.18 Å². The maximum atomic E-state index is 13.5. The Balaban J connectivity index is 1.79. The number of unbranched alkanes of at least 4 members (excludes halogenated alkanes) is 4. The van der Waals surface area contributed by atoms with Crippen LogP contribution in [0.3, 0.4) is 0 Å². The summed E-state index contributed by atoms with van der Waals surface area (Å²) < 4.78 is 18.6. The minimum absolute atomic E-state index is 0.301. The lowest BCUT2D eigenvalue weighted by atomic mass is 10.0. The lowest BCUT2D eigenvalue weighted by molar-refractivity contribution is 0.0768. The van der Waals surface area contributed by atoms with E-state index in [-0.39, 0.29) is 0 Å². The molecule has 0 saturated heterocycles. The van der Waals surface area contributed by atoms with E-state index in [1.807, 2.05) is 12.1 Å². The van der Waals surface area contributed by atoms with Gasteiger partial charge >= 0.3 is 5.97 Å². The quantitative estimate of drug-likeness (QED) is 0.399. The van der Waals surface area contributed by atoms with E-state index < -0.39 is 11.8 Å². The van der Waals surface area contributed by atoms with Gasteiger partial charge in [-0.25, -0.2) is 9.18 Å². The number of hydrogen-bond acceptors (Lipinski definition) is 3. The van der Waals surface area contributed by atoms with Gasteiger partial charge in [-0.15, -0.1) is 0 Å². The standard InChI is InChI=1S/C20H23FO2S/c1-2-3-4-5-6-9-16-12-14-17(15-13-16)20(22)23-24-19-11-8-7-10-18(19)21/h7-8,10-15H,2-6,9H2,1H3. The van der Waals surface area contributed by atoms with Crippen LogP contribution in [0.15, 0.2) is 53.4 Å². The topological polar surface area (TPSA) is 26.3 Å². The summed E-state index contributed by atoms with van der Waals surface area (Å²) in [5.74, 6) is -0.855. The Bertz CT molecular complexity index is 640. The molecule has 0 aromatic heterocycles. The number of aryl methyl sites for hydroxylation is 1. The van der Waals surface area contributed by atoms with Crippen LogP contribution in [-0.4, -0.2) is 5.97 Å². The molecule has 0 unspecified atom stereocenters. The fraction of sp³-hybridized carbons (Fsp3) is 0.350. The first kappa shape index (κ1) is 18.5. The van der Waals surface area contributed by atoms with E-state index in [0.717, 1.165) is 18.5 Å². The van der Waals surface area contributed by atoms with Gasteiger partial charge in [-0.05, 0) is 42.7 Å². The molecule has 0 saturated carbocycles. The molecule has 0 aliphatic rings. The molecule has 0 aliphatic carbocycles. The summed E-state index contributed by atoms with van der Waals surface area (Å²) in [6.07, 6.45) is 7.28. The van der Waals surface area contributed by atoms with E-state index in [9.17, 15) is 9.18 Å². The van der Waals surface area contributed by atoms with Crippen LogP contribution in [-0.2, 0) is 10.6 Å². The lowest BCUT2D eigenvalue weighted by Crippen LogP contribution is -2.00. The summed E-state index contributed by atoms with van der Waals surface area (Å²) in [5.41, 5.74) is 1.71. The van der Waals surface area contributed by atoms with Crippen LogP contribution in [0.4, 0.5) is 4.39 Å². The fourth-order valence-corrected chi connectivity index (χ4v) is 2.93. The number of carbonyl (C=O) groups is 1. The van der Waals surface area contributed by atoms with Crippen molar-refractivity contribution in [1.29, 1.82) is 0 Å². The van der Waals surface area contributed by atoms with Gasteiger partial charge < -0.3 is 4.18 Å². The normalized spacial score (nSPS) is 10.6. The van der Waals surface area contributed by atoms with Gasteiger partial charge in [0.05, 0.1) is 22.5 Å². The number of rotatable bonds is 9. The highest BCUT2D eigenvalue weighted by atomic mass is 32.2. The molecule has 2 rings (SSSR count). The molecule has 2 nitrogen and oxygen atoms in total. The highest BCUT2D eigenvalue weighted by Gasteiger charge is 2.10. The van der Waals surface area contributed by atoms with Crippen LogP contribution < -0.4 is 0 Å². The average Bonchev–Trinajstić information content (AvgIpc) is 2.61. The number of halogens is 1. The van der Waals surface area contributed by atoms with E-state index in [1.165, 1.54) is 43.7 Å². The molecule has 0 atom stereocenters. The Morgan fingerprint density at radius 2 is 1.71 bits per heavy atom. The van der Waals surface area contributed by atoms with Crippen molar-refractivity contribution >= 4 is 18.0 Å². The second-order valence-corrected chi connectivity index (χ2v) is 6.52. The molecule has 0 N–H and O–H groups in total. The van der Waals surface area contributed by atoms with Crippen LogP contribution in [0.25, 0.3) is 0 Å². The monoisotopic (exact) mass is 346 g/mol. The molecule has 4 heteroatoms. The zero-order valence-electron chi connectivity index (χ0n) is 14.0. The van der Waals surface area contributed by atoms with Gasteiger partial charge in [0, 0.05) is 0 Å². The fourth-order valence-electron chi connectivity index (χ4n) is 2.38. The minimum atomic E-state index is -0.460. The van der Waals surface area contributed by atoms with Gasteiger partial charge in [0.1, 0.15) is 5.82 Å². The third-order valence-electron chi connectivity index (χ3n) is 3.80. The summed E-state index contributed by atoms with van der Waals surface area (Å²) in [4.78, 5) is 12.3. The number of benzene rings is 2. The predicted molar refractivity (Wildman–Crippen MR) is 96.6 cm³/mol. The smallest absolute Gasteiger partial charge is 0.350 e. The van der Waals surface area contributed by atoms with Gasteiger partial charge in [-0.2, -0.15) is 0 Å². The van der Waals surface area contributed by atoms with Crippen molar-refractivity contribution in [2.45, 2.75) is 50.3 Å². The van der Waals surface area contributed by atoms with Crippen LogP contribution >= 0.6 is 12.0 Å². The summed E-state index contributed by atoms with van der Waals surface area (Å²) in [5, 5.41) is 0. The maximum Gasteiger partial charge on any atom is 0.350 e. The largest absolute Gasteiger partial charge is 0.382 e. The van der Waals surface area contributed by atoms with E-state index >= 15 is 0 Å². The highest BCUT2D eigenvalue weighted by molar-refractivity contribution is 7.95.